The Morgan fingerprint density at radius 1 is 1.27 bits per heavy atom. The standard InChI is InChI=1S/C10H9N3O2/c11-9-7(5-12-13-10(9)15)6-3-1-2-4-8(6)14/h1-5,14H,(H2,11,12)(H,13,15). The van der Waals surface area contributed by atoms with Gasteiger partial charge in [-0.2, -0.15) is 5.10 Å². The molecule has 1 aromatic carbocycles. The summed E-state index contributed by atoms with van der Waals surface area (Å²) >= 11 is 0. The van der Waals surface area contributed by atoms with Crippen molar-refractivity contribution >= 4 is 5.69 Å². The van der Waals surface area contributed by atoms with Gasteiger partial charge in [-0.1, -0.05) is 18.2 Å². The molecule has 15 heavy (non-hydrogen) atoms. The highest BCUT2D eigenvalue weighted by Gasteiger charge is 2.09. The Kier molecular flexibility index (Phi) is 2.13. The van der Waals surface area contributed by atoms with E-state index in [4.69, 9.17) is 5.73 Å². The Morgan fingerprint density at radius 3 is 2.73 bits per heavy atom. The fourth-order valence-corrected chi connectivity index (χ4v) is 1.32. The molecule has 0 unspecified atom stereocenters. The molecular formula is C10H9N3O2. The zero-order chi connectivity index (χ0) is 10.8. The molecule has 5 nitrogen and oxygen atoms in total. The first-order valence-corrected chi connectivity index (χ1v) is 4.31. The topological polar surface area (TPSA) is 92.0 Å². The van der Waals surface area contributed by atoms with Crippen molar-refractivity contribution in [2.24, 2.45) is 0 Å². The fourth-order valence-electron chi connectivity index (χ4n) is 1.32. The third kappa shape index (κ3) is 1.54. The molecule has 0 saturated carbocycles. The van der Waals surface area contributed by atoms with Crippen LogP contribution in [0.1, 0.15) is 0 Å². The number of hydrogen-bond donors (Lipinski definition) is 3. The summed E-state index contributed by atoms with van der Waals surface area (Å²) in [5.41, 5.74) is 6.10. The van der Waals surface area contributed by atoms with Crippen LogP contribution in [0.15, 0.2) is 35.3 Å². The highest BCUT2D eigenvalue weighted by Crippen LogP contribution is 2.29. The fraction of sp³-hybridized carbons (Fsp3) is 0. The number of nitrogens with two attached hydrogens (primary N) is 1. The number of aromatic hydroxyl groups is 1. The second-order valence-electron chi connectivity index (χ2n) is 3.04. The van der Waals surface area contributed by atoms with Crippen LogP contribution >= 0.6 is 0 Å². The van der Waals surface area contributed by atoms with E-state index >= 15 is 0 Å². The molecule has 0 aliphatic carbocycles. The third-order valence-corrected chi connectivity index (χ3v) is 2.09. The lowest BCUT2D eigenvalue weighted by atomic mass is 10.1. The van der Waals surface area contributed by atoms with Crippen molar-refractivity contribution in [3.8, 4) is 16.9 Å². The van der Waals surface area contributed by atoms with Gasteiger partial charge in [0.05, 0.1) is 6.20 Å². The van der Waals surface area contributed by atoms with Gasteiger partial charge in [0, 0.05) is 11.1 Å². The minimum absolute atomic E-state index is 0.0477. The van der Waals surface area contributed by atoms with Crippen LogP contribution in [0.3, 0.4) is 0 Å². The molecule has 0 aliphatic heterocycles. The monoisotopic (exact) mass is 203 g/mol. The third-order valence-electron chi connectivity index (χ3n) is 2.09. The molecule has 0 radical (unpaired) electrons. The number of hydrogen-bond acceptors (Lipinski definition) is 4. The van der Waals surface area contributed by atoms with Crippen molar-refractivity contribution in [3.63, 3.8) is 0 Å². The molecule has 1 heterocycles. The number of H-pyrrole nitrogens is 1. The maximum Gasteiger partial charge on any atom is 0.287 e. The molecule has 76 valence electrons. The van der Waals surface area contributed by atoms with Crippen LogP contribution in [0.2, 0.25) is 0 Å². The summed E-state index contributed by atoms with van der Waals surface area (Å²) in [5.74, 6) is 0.0663. The first kappa shape index (κ1) is 9.26. The minimum Gasteiger partial charge on any atom is -0.507 e. The molecule has 5 heteroatoms. The largest absolute Gasteiger partial charge is 0.507 e. The molecule has 0 aliphatic rings. The maximum absolute atomic E-state index is 11.2. The van der Waals surface area contributed by atoms with Crippen molar-refractivity contribution in [2.45, 2.75) is 0 Å². The van der Waals surface area contributed by atoms with Crippen LogP contribution in [-0.4, -0.2) is 15.3 Å². The van der Waals surface area contributed by atoms with E-state index in [0.29, 0.717) is 11.1 Å². The van der Waals surface area contributed by atoms with E-state index in [9.17, 15) is 9.90 Å². The second-order valence-corrected chi connectivity index (χ2v) is 3.04. The Balaban J connectivity index is 2.70. The Labute approximate surface area is 85.2 Å². The number of nitrogens with one attached hydrogen (secondary N) is 1. The number of benzene rings is 1. The summed E-state index contributed by atoms with van der Waals surface area (Å²) in [4.78, 5) is 11.2. The molecule has 2 aromatic rings. The predicted molar refractivity (Wildman–Crippen MR) is 56.4 cm³/mol. The quantitative estimate of drug-likeness (QED) is 0.636. The van der Waals surface area contributed by atoms with E-state index in [1.807, 2.05) is 0 Å². The highest BCUT2D eigenvalue weighted by molar-refractivity contribution is 5.78. The van der Waals surface area contributed by atoms with Gasteiger partial charge in [-0.25, -0.2) is 5.10 Å². The number of para-hydroxylation sites is 1. The first-order valence-electron chi connectivity index (χ1n) is 4.31. The molecule has 0 bridgehead atoms. The lowest BCUT2D eigenvalue weighted by Gasteiger charge is -2.05. The molecule has 1 aromatic heterocycles. The Hall–Kier alpha value is -2.30. The minimum atomic E-state index is -0.462. The number of aromatic amines is 1. The maximum atomic E-state index is 11.2. The van der Waals surface area contributed by atoms with Gasteiger partial charge in [-0.3, -0.25) is 4.79 Å². The molecule has 0 fully saturated rings. The molecule has 4 N–H and O–H groups in total. The van der Waals surface area contributed by atoms with Gasteiger partial charge in [0.2, 0.25) is 0 Å². The normalized spacial score (nSPS) is 10.1. The number of phenolic OH excluding ortho intramolecular Hbond substituents is 1. The van der Waals surface area contributed by atoms with Gasteiger partial charge in [0.25, 0.3) is 5.56 Å². The Morgan fingerprint density at radius 2 is 2.00 bits per heavy atom. The van der Waals surface area contributed by atoms with Crippen molar-refractivity contribution < 1.29 is 5.11 Å². The van der Waals surface area contributed by atoms with Gasteiger partial charge in [0.15, 0.2) is 0 Å². The summed E-state index contributed by atoms with van der Waals surface area (Å²) in [6.07, 6.45) is 1.41. The number of nitrogens with zero attached hydrogens (tertiary/aromatic N) is 1. The van der Waals surface area contributed by atoms with Gasteiger partial charge in [-0.05, 0) is 6.07 Å². The molecule has 0 spiro atoms. The van der Waals surface area contributed by atoms with Crippen LogP contribution in [0, 0.1) is 0 Å². The van der Waals surface area contributed by atoms with Crippen molar-refractivity contribution in [1.29, 1.82) is 0 Å². The summed E-state index contributed by atoms with van der Waals surface area (Å²) < 4.78 is 0. The number of anilines is 1. The van der Waals surface area contributed by atoms with Crippen molar-refractivity contribution in [2.75, 3.05) is 5.73 Å². The Bertz CT molecular complexity index is 548. The van der Waals surface area contributed by atoms with Crippen molar-refractivity contribution in [3.05, 3.63) is 40.8 Å². The average Bonchev–Trinajstić information content (AvgIpc) is 2.23. The SMILES string of the molecule is Nc1c(-c2ccccc2O)cn[nH]c1=O. The van der Waals surface area contributed by atoms with Gasteiger partial charge < -0.3 is 10.8 Å². The number of aromatic nitrogens is 2. The summed E-state index contributed by atoms with van der Waals surface area (Å²) in [5, 5.41) is 15.4. The van der Waals surface area contributed by atoms with Gasteiger partial charge in [-0.15, -0.1) is 0 Å². The van der Waals surface area contributed by atoms with E-state index in [2.05, 4.69) is 10.2 Å². The van der Waals surface area contributed by atoms with E-state index in [0.717, 1.165) is 0 Å². The number of phenols is 1. The summed E-state index contributed by atoms with van der Waals surface area (Å²) in [6, 6.07) is 6.63. The van der Waals surface area contributed by atoms with Gasteiger partial charge in [0.1, 0.15) is 11.4 Å². The lowest BCUT2D eigenvalue weighted by molar-refractivity contribution is 0.477. The van der Waals surface area contributed by atoms with Crippen LogP contribution in [0.25, 0.3) is 11.1 Å². The van der Waals surface area contributed by atoms with E-state index in [-0.39, 0.29) is 11.4 Å². The highest BCUT2D eigenvalue weighted by atomic mass is 16.3. The van der Waals surface area contributed by atoms with Crippen LogP contribution in [0.5, 0.6) is 5.75 Å². The second kappa shape index (κ2) is 3.45. The molecule has 2 rings (SSSR count). The number of nitrogen functional groups attached to an aromatic ring is 1. The van der Waals surface area contributed by atoms with Gasteiger partial charge >= 0.3 is 0 Å². The zero-order valence-corrected chi connectivity index (χ0v) is 7.77. The molecule has 0 saturated heterocycles. The molecular weight excluding hydrogens is 194 g/mol. The van der Waals surface area contributed by atoms with E-state index < -0.39 is 5.56 Å². The summed E-state index contributed by atoms with van der Waals surface area (Å²) in [7, 11) is 0. The van der Waals surface area contributed by atoms with Crippen LogP contribution in [0.4, 0.5) is 5.69 Å². The lowest BCUT2D eigenvalue weighted by Crippen LogP contribution is -2.14. The average molecular weight is 203 g/mol. The molecule has 0 atom stereocenters. The zero-order valence-electron chi connectivity index (χ0n) is 7.77. The van der Waals surface area contributed by atoms with E-state index in [1.54, 1.807) is 18.2 Å². The first-order chi connectivity index (χ1) is 7.20. The molecule has 0 amide bonds. The predicted octanol–water partition coefficient (Wildman–Crippen LogP) is 0.725. The summed E-state index contributed by atoms with van der Waals surface area (Å²) in [6.45, 7) is 0. The van der Waals surface area contributed by atoms with Crippen molar-refractivity contribution in [1.82, 2.24) is 10.2 Å². The van der Waals surface area contributed by atoms with E-state index in [1.165, 1.54) is 12.3 Å². The van der Waals surface area contributed by atoms with Crippen LogP contribution < -0.4 is 11.3 Å². The van der Waals surface area contributed by atoms with Crippen LogP contribution in [-0.2, 0) is 0 Å². The number of rotatable bonds is 1. The smallest absolute Gasteiger partial charge is 0.287 e.